The van der Waals surface area contributed by atoms with E-state index < -0.39 is 0 Å². The van der Waals surface area contributed by atoms with E-state index in [1.807, 2.05) is 17.9 Å². The van der Waals surface area contributed by atoms with Gasteiger partial charge in [0, 0.05) is 25.4 Å². The van der Waals surface area contributed by atoms with Crippen molar-refractivity contribution in [1.82, 2.24) is 4.90 Å². The first kappa shape index (κ1) is 15.2. The van der Waals surface area contributed by atoms with Gasteiger partial charge in [0.25, 0.3) is 0 Å². The van der Waals surface area contributed by atoms with Gasteiger partial charge in [-0.05, 0) is 36.5 Å². The lowest BCUT2D eigenvalue weighted by Crippen LogP contribution is -2.33. The molecule has 0 bridgehead atoms. The summed E-state index contributed by atoms with van der Waals surface area (Å²) in [5.74, 6) is 1.41. The number of ether oxygens (including phenoxy) is 1. The number of rotatable bonds is 3. The Balaban J connectivity index is 0.00000147. The molecule has 2 aliphatic heterocycles. The molecule has 0 saturated carbocycles. The Morgan fingerprint density at radius 2 is 2.10 bits per heavy atom. The summed E-state index contributed by atoms with van der Waals surface area (Å²) in [6.45, 7) is 4.73. The van der Waals surface area contributed by atoms with Gasteiger partial charge in [0.2, 0.25) is 5.91 Å². The molecule has 110 valence electrons. The van der Waals surface area contributed by atoms with Crippen LogP contribution in [0.15, 0.2) is 18.2 Å². The molecular formula is C16H22ClNO2. The third-order valence-electron chi connectivity index (χ3n) is 4.14. The Hall–Kier alpha value is -1.22. The van der Waals surface area contributed by atoms with Gasteiger partial charge in [-0.1, -0.05) is 19.1 Å². The number of hydrogen-bond acceptors (Lipinski definition) is 2. The summed E-state index contributed by atoms with van der Waals surface area (Å²) in [4.78, 5) is 14.3. The second-order valence-electron chi connectivity index (χ2n) is 5.68. The van der Waals surface area contributed by atoms with Gasteiger partial charge in [-0.3, -0.25) is 4.79 Å². The summed E-state index contributed by atoms with van der Waals surface area (Å²) in [5, 5.41) is 0. The largest absolute Gasteiger partial charge is 0.493 e. The Bertz CT molecular complexity index is 483. The molecule has 20 heavy (non-hydrogen) atoms. The van der Waals surface area contributed by atoms with Crippen LogP contribution in [0.5, 0.6) is 5.75 Å². The van der Waals surface area contributed by atoms with Crippen molar-refractivity contribution in [2.45, 2.75) is 32.6 Å². The summed E-state index contributed by atoms with van der Waals surface area (Å²) >= 11 is 0. The zero-order chi connectivity index (χ0) is 13.2. The van der Waals surface area contributed by atoms with Gasteiger partial charge >= 0.3 is 0 Å². The van der Waals surface area contributed by atoms with Crippen LogP contribution < -0.4 is 4.74 Å². The lowest BCUT2D eigenvalue weighted by molar-refractivity contribution is -0.133. The van der Waals surface area contributed by atoms with Gasteiger partial charge in [0.15, 0.2) is 0 Å². The van der Waals surface area contributed by atoms with E-state index in [9.17, 15) is 4.79 Å². The summed E-state index contributed by atoms with van der Waals surface area (Å²) < 4.78 is 5.51. The fourth-order valence-electron chi connectivity index (χ4n) is 3.06. The first-order chi connectivity index (χ1) is 9.24. The fraction of sp³-hybridized carbons (Fsp3) is 0.562. The summed E-state index contributed by atoms with van der Waals surface area (Å²) in [7, 11) is 0. The van der Waals surface area contributed by atoms with Crippen LogP contribution in [0.1, 0.15) is 30.9 Å². The topological polar surface area (TPSA) is 29.5 Å². The van der Waals surface area contributed by atoms with Crippen LogP contribution in [0.3, 0.4) is 0 Å². The van der Waals surface area contributed by atoms with E-state index in [1.54, 1.807) is 0 Å². The number of likely N-dealkylation sites (tertiary alicyclic amines) is 1. The van der Waals surface area contributed by atoms with E-state index in [4.69, 9.17) is 4.74 Å². The Morgan fingerprint density at radius 1 is 1.35 bits per heavy atom. The molecule has 0 aromatic heterocycles. The average Bonchev–Trinajstić information content (AvgIpc) is 3.08. The molecule has 1 aromatic carbocycles. The van der Waals surface area contributed by atoms with Crippen molar-refractivity contribution >= 4 is 18.3 Å². The Morgan fingerprint density at radius 3 is 2.85 bits per heavy atom. The molecule has 4 heteroatoms. The van der Waals surface area contributed by atoms with Gasteiger partial charge in [0.1, 0.15) is 5.75 Å². The number of benzene rings is 1. The van der Waals surface area contributed by atoms with Gasteiger partial charge in [0.05, 0.1) is 6.61 Å². The predicted molar refractivity (Wildman–Crippen MR) is 81.6 cm³/mol. The van der Waals surface area contributed by atoms with Crippen molar-refractivity contribution in [2.75, 3.05) is 19.7 Å². The maximum atomic E-state index is 12.3. The van der Waals surface area contributed by atoms with Crippen LogP contribution in [0.2, 0.25) is 0 Å². The number of amides is 1. The number of carbonyl (C=O) groups excluding carboxylic acids is 1. The van der Waals surface area contributed by atoms with Gasteiger partial charge in [-0.2, -0.15) is 0 Å². The van der Waals surface area contributed by atoms with Crippen molar-refractivity contribution in [1.29, 1.82) is 0 Å². The Kier molecular flexibility index (Phi) is 4.92. The van der Waals surface area contributed by atoms with E-state index >= 15 is 0 Å². The first-order valence-corrected chi connectivity index (χ1v) is 7.27. The minimum absolute atomic E-state index is 0. The number of nitrogens with zero attached hydrogens (tertiary/aromatic N) is 1. The quantitative estimate of drug-likeness (QED) is 0.858. The smallest absolute Gasteiger partial charge is 0.225 e. The van der Waals surface area contributed by atoms with E-state index in [0.717, 1.165) is 51.1 Å². The van der Waals surface area contributed by atoms with Crippen LogP contribution in [-0.2, 0) is 17.6 Å². The number of hydrogen-bond donors (Lipinski definition) is 0. The minimum atomic E-state index is 0. The number of halogens is 1. The van der Waals surface area contributed by atoms with Gasteiger partial charge in [-0.15, -0.1) is 12.4 Å². The first-order valence-electron chi connectivity index (χ1n) is 7.27. The van der Waals surface area contributed by atoms with Gasteiger partial charge < -0.3 is 9.64 Å². The highest BCUT2D eigenvalue weighted by atomic mass is 35.5. The standard InChI is InChI=1S/C16H21NO2.ClH/c1-12(16(18)17-7-2-3-8-17)10-13-4-5-15-14(11-13)6-9-19-15;/h4-5,11-12H,2-3,6-10H2,1H3;1H. The number of carbonyl (C=O) groups is 1. The molecule has 1 unspecified atom stereocenters. The van der Waals surface area contributed by atoms with Crippen molar-refractivity contribution in [2.24, 2.45) is 5.92 Å². The number of fused-ring (bicyclic) bond motifs is 1. The second kappa shape index (κ2) is 6.49. The molecule has 1 saturated heterocycles. The summed E-state index contributed by atoms with van der Waals surface area (Å²) in [6.07, 6.45) is 4.16. The minimum Gasteiger partial charge on any atom is -0.493 e. The maximum absolute atomic E-state index is 12.3. The molecule has 2 aliphatic rings. The zero-order valence-electron chi connectivity index (χ0n) is 11.9. The summed E-state index contributed by atoms with van der Waals surface area (Å²) in [5.41, 5.74) is 2.54. The highest BCUT2D eigenvalue weighted by molar-refractivity contribution is 5.85. The van der Waals surface area contributed by atoms with E-state index in [2.05, 4.69) is 12.1 Å². The van der Waals surface area contributed by atoms with Crippen molar-refractivity contribution < 1.29 is 9.53 Å². The monoisotopic (exact) mass is 295 g/mol. The van der Waals surface area contributed by atoms with E-state index in [0.29, 0.717) is 5.91 Å². The lowest BCUT2D eigenvalue weighted by Gasteiger charge is -2.20. The highest BCUT2D eigenvalue weighted by Gasteiger charge is 2.23. The van der Waals surface area contributed by atoms with Crippen LogP contribution in [-0.4, -0.2) is 30.5 Å². The van der Waals surface area contributed by atoms with Crippen molar-refractivity contribution in [3.63, 3.8) is 0 Å². The van der Waals surface area contributed by atoms with E-state index in [1.165, 1.54) is 11.1 Å². The molecule has 0 aliphatic carbocycles. The molecule has 1 aromatic rings. The van der Waals surface area contributed by atoms with Crippen LogP contribution in [0, 0.1) is 5.92 Å². The van der Waals surface area contributed by atoms with Crippen LogP contribution in [0.25, 0.3) is 0 Å². The molecule has 3 nitrogen and oxygen atoms in total. The predicted octanol–water partition coefficient (Wildman–Crippen LogP) is 2.84. The highest BCUT2D eigenvalue weighted by Crippen LogP contribution is 2.27. The molecule has 0 radical (unpaired) electrons. The second-order valence-corrected chi connectivity index (χ2v) is 5.68. The SMILES string of the molecule is CC(Cc1ccc2c(c1)CCO2)C(=O)N1CCCC1.Cl. The third-order valence-corrected chi connectivity index (χ3v) is 4.14. The maximum Gasteiger partial charge on any atom is 0.225 e. The molecule has 2 heterocycles. The fourth-order valence-corrected chi connectivity index (χ4v) is 3.06. The van der Waals surface area contributed by atoms with Gasteiger partial charge in [-0.25, -0.2) is 0 Å². The molecule has 0 spiro atoms. The molecular weight excluding hydrogens is 274 g/mol. The molecule has 1 fully saturated rings. The van der Waals surface area contributed by atoms with Crippen molar-refractivity contribution in [3.05, 3.63) is 29.3 Å². The third kappa shape index (κ3) is 3.09. The lowest BCUT2D eigenvalue weighted by atomic mass is 9.98. The molecule has 1 amide bonds. The van der Waals surface area contributed by atoms with Crippen LogP contribution in [0.4, 0.5) is 0 Å². The Labute approximate surface area is 126 Å². The molecule has 3 rings (SSSR count). The zero-order valence-corrected chi connectivity index (χ0v) is 12.7. The summed E-state index contributed by atoms with van der Waals surface area (Å²) in [6, 6.07) is 6.35. The van der Waals surface area contributed by atoms with Crippen LogP contribution >= 0.6 is 12.4 Å². The molecule has 0 N–H and O–H groups in total. The van der Waals surface area contributed by atoms with E-state index in [-0.39, 0.29) is 18.3 Å². The average molecular weight is 296 g/mol. The van der Waals surface area contributed by atoms with Crippen molar-refractivity contribution in [3.8, 4) is 5.75 Å². The molecule has 1 atom stereocenters. The normalized spacial score (nSPS) is 18.1.